The van der Waals surface area contributed by atoms with Gasteiger partial charge in [-0.25, -0.2) is 4.57 Å². The Bertz CT molecular complexity index is 400. The van der Waals surface area contributed by atoms with Crippen molar-refractivity contribution in [2.45, 2.75) is 24.8 Å². The number of aryl methyl sites for hydroxylation is 1. The molecule has 0 saturated heterocycles. The first-order valence-corrected chi connectivity index (χ1v) is 5.80. The Balaban J connectivity index is 3.06. The van der Waals surface area contributed by atoms with Gasteiger partial charge in [0.25, 0.3) is 0 Å². The highest BCUT2D eigenvalue weighted by molar-refractivity contribution is 7.86. The lowest BCUT2D eigenvalue weighted by atomic mass is 10.4. The number of rotatable bonds is 4. The molecule has 5 heteroatoms. The van der Waals surface area contributed by atoms with Gasteiger partial charge in [0.2, 0.25) is 0 Å². The van der Waals surface area contributed by atoms with Crippen LogP contribution in [0.5, 0.6) is 0 Å². The van der Waals surface area contributed by atoms with Gasteiger partial charge in [-0.2, -0.15) is 8.42 Å². The van der Waals surface area contributed by atoms with Gasteiger partial charge in [0.1, 0.15) is 6.54 Å². The normalized spacial score (nSPS) is 11.6. The molecule has 1 aromatic rings. The molecule has 1 heterocycles. The highest BCUT2D eigenvalue weighted by Gasteiger charge is 2.16. The van der Waals surface area contributed by atoms with Crippen LogP contribution in [0.2, 0.25) is 0 Å². The molecule has 0 amide bonds. The Kier molecular flexibility index (Phi) is 3.60. The van der Waals surface area contributed by atoms with E-state index in [1.165, 1.54) is 6.07 Å². The smallest absolute Gasteiger partial charge is 0.270 e. The van der Waals surface area contributed by atoms with Crippen molar-refractivity contribution in [3.8, 4) is 0 Å². The van der Waals surface area contributed by atoms with Crippen LogP contribution in [0.25, 0.3) is 0 Å². The summed E-state index contributed by atoms with van der Waals surface area (Å²) in [5, 5.41) is 0. The monoisotopic (exact) mass is 216 g/mol. The fourth-order valence-corrected chi connectivity index (χ4v) is 1.84. The second-order valence-corrected chi connectivity index (χ2v) is 4.61. The van der Waals surface area contributed by atoms with Gasteiger partial charge in [0.15, 0.2) is 17.3 Å². The summed E-state index contributed by atoms with van der Waals surface area (Å²) in [6, 6.07) is 3.21. The summed E-state index contributed by atoms with van der Waals surface area (Å²) in [7, 11) is -2.40. The van der Waals surface area contributed by atoms with E-state index in [1.807, 2.05) is 17.7 Å². The van der Waals surface area contributed by atoms with E-state index >= 15 is 0 Å². The van der Waals surface area contributed by atoms with Crippen LogP contribution in [-0.4, -0.2) is 15.5 Å². The summed E-state index contributed by atoms with van der Waals surface area (Å²) < 4.78 is 28.9. The fraction of sp³-hybridized carbons (Fsp3) is 0.444. The first-order chi connectivity index (χ1) is 6.60. The summed E-state index contributed by atoms with van der Waals surface area (Å²) >= 11 is 0. The third kappa shape index (κ3) is 2.52. The third-order valence-electron chi connectivity index (χ3n) is 1.82. The van der Waals surface area contributed by atoms with E-state index in [9.17, 15) is 8.42 Å². The quantitative estimate of drug-likeness (QED) is 0.550. The van der Waals surface area contributed by atoms with E-state index in [1.54, 1.807) is 12.3 Å². The minimum absolute atomic E-state index is 0.191. The fourth-order valence-electron chi connectivity index (χ4n) is 1.14. The maximum Gasteiger partial charge on any atom is 0.302 e. The second kappa shape index (κ2) is 4.52. The van der Waals surface area contributed by atoms with Gasteiger partial charge in [0, 0.05) is 12.5 Å². The summed E-state index contributed by atoms with van der Waals surface area (Å²) in [5.41, 5.74) is 0. The zero-order valence-corrected chi connectivity index (χ0v) is 9.12. The SMILES string of the molecule is CCC[n+]1cccc(S(=O)(=O)OC)c1. The van der Waals surface area contributed by atoms with Crippen LogP contribution in [0, 0.1) is 0 Å². The van der Waals surface area contributed by atoms with E-state index < -0.39 is 10.1 Å². The number of nitrogens with zero attached hydrogens (tertiary/aromatic N) is 1. The molecule has 1 aromatic heterocycles. The Morgan fingerprint density at radius 2 is 2.21 bits per heavy atom. The van der Waals surface area contributed by atoms with Gasteiger partial charge >= 0.3 is 10.1 Å². The Morgan fingerprint density at radius 3 is 2.79 bits per heavy atom. The van der Waals surface area contributed by atoms with Gasteiger partial charge in [0.05, 0.1) is 7.11 Å². The summed E-state index contributed by atoms with van der Waals surface area (Å²) in [4.78, 5) is 0.191. The molecule has 0 aliphatic heterocycles. The molecule has 0 bridgehead atoms. The number of hydrogen-bond acceptors (Lipinski definition) is 3. The van der Waals surface area contributed by atoms with Crippen molar-refractivity contribution in [3.63, 3.8) is 0 Å². The van der Waals surface area contributed by atoms with Gasteiger partial charge in [-0.3, -0.25) is 4.18 Å². The van der Waals surface area contributed by atoms with E-state index in [0.717, 1.165) is 20.1 Å². The van der Waals surface area contributed by atoms with E-state index in [2.05, 4.69) is 4.18 Å². The molecular formula is C9H14NO3S+. The predicted molar refractivity (Wildman–Crippen MR) is 51.1 cm³/mol. The lowest BCUT2D eigenvalue weighted by molar-refractivity contribution is -0.698. The molecule has 0 unspecified atom stereocenters. The molecule has 0 N–H and O–H groups in total. The van der Waals surface area contributed by atoms with Crippen molar-refractivity contribution in [3.05, 3.63) is 24.5 Å². The average Bonchev–Trinajstić information content (AvgIpc) is 2.19. The molecule has 0 spiro atoms. The van der Waals surface area contributed by atoms with Crippen LogP contribution in [0.1, 0.15) is 13.3 Å². The Labute approximate surface area is 84.3 Å². The summed E-state index contributed by atoms with van der Waals surface area (Å²) in [5.74, 6) is 0. The standard InChI is InChI=1S/C9H14NO3S/c1-3-6-10-7-4-5-9(8-10)14(11,12)13-2/h4-5,7-8H,3,6H2,1-2H3/q+1. The van der Waals surface area contributed by atoms with Crippen molar-refractivity contribution in [2.24, 2.45) is 0 Å². The van der Waals surface area contributed by atoms with Gasteiger partial charge in [-0.05, 0) is 6.07 Å². The molecule has 14 heavy (non-hydrogen) atoms. The third-order valence-corrected chi connectivity index (χ3v) is 3.08. The molecule has 0 saturated carbocycles. The molecule has 0 aliphatic carbocycles. The van der Waals surface area contributed by atoms with Crippen molar-refractivity contribution in [1.29, 1.82) is 0 Å². The minimum atomic E-state index is -3.56. The minimum Gasteiger partial charge on any atom is -0.270 e. The molecular weight excluding hydrogens is 202 g/mol. The molecule has 78 valence electrons. The summed E-state index contributed by atoms with van der Waals surface area (Å²) in [6.07, 6.45) is 4.36. The number of aromatic nitrogens is 1. The largest absolute Gasteiger partial charge is 0.302 e. The first-order valence-electron chi connectivity index (χ1n) is 4.40. The predicted octanol–water partition coefficient (Wildman–Crippen LogP) is 0.719. The van der Waals surface area contributed by atoms with E-state index in [4.69, 9.17) is 0 Å². The summed E-state index contributed by atoms with van der Waals surface area (Å²) in [6.45, 7) is 2.83. The highest BCUT2D eigenvalue weighted by atomic mass is 32.2. The molecule has 0 atom stereocenters. The molecule has 1 rings (SSSR count). The molecule has 0 radical (unpaired) electrons. The van der Waals surface area contributed by atoms with Crippen LogP contribution >= 0.6 is 0 Å². The first kappa shape index (κ1) is 11.1. The zero-order chi connectivity index (χ0) is 10.6. The zero-order valence-electron chi connectivity index (χ0n) is 8.30. The Hall–Kier alpha value is -0.940. The average molecular weight is 216 g/mol. The van der Waals surface area contributed by atoms with Crippen molar-refractivity contribution in [2.75, 3.05) is 7.11 Å². The van der Waals surface area contributed by atoms with Crippen LogP contribution in [0.15, 0.2) is 29.4 Å². The van der Waals surface area contributed by atoms with Crippen LogP contribution in [0.3, 0.4) is 0 Å². The number of hydrogen-bond donors (Lipinski definition) is 0. The van der Waals surface area contributed by atoms with E-state index in [-0.39, 0.29) is 4.90 Å². The lowest BCUT2D eigenvalue weighted by Crippen LogP contribution is -2.33. The maximum atomic E-state index is 11.3. The maximum absolute atomic E-state index is 11.3. The molecule has 0 aliphatic rings. The van der Waals surface area contributed by atoms with Gasteiger partial charge < -0.3 is 0 Å². The van der Waals surface area contributed by atoms with Gasteiger partial charge in [-0.1, -0.05) is 6.92 Å². The Morgan fingerprint density at radius 1 is 1.50 bits per heavy atom. The van der Waals surface area contributed by atoms with E-state index in [0.29, 0.717) is 0 Å². The van der Waals surface area contributed by atoms with Crippen LogP contribution < -0.4 is 4.57 Å². The molecule has 0 aromatic carbocycles. The van der Waals surface area contributed by atoms with Crippen molar-refractivity contribution < 1.29 is 17.2 Å². The second-order valence-electron chi connectivity index (χ2n) is 2.90. The number of pyridine rings is 1. The van der Waals surface area contributed by atoms with Crippen molar-refractivity contribution in [1.82, 2.24) is 0 Å². The van der Waals surface area contributed by atoms with Gasteiger partial charge in [-0.15, -0.1) is 0 Å². The lowest BCUT2D eigenvalue weighted by Gasteiger charge is -1.99. The molecule has 4 nitrogen and oxygen atoms in total. The topological polar surface area (TPSA) is 47.2 Å². The van der Waals surface area contributed by atoms with Crippen LogP contribution in [0.4, 0.5) is 0 Å². The highest BCUT2D eigenvalue weighted by Crippen LogP contribution is 2.07. The van der Waals surface area contributed by atoms with Crippen molar-refractivity contribution >= 4 is 10.1 Å². The molecule has 0 fully saturated rings. The van der Waals surface area contributed by atoms with Crippen LogP contribution in [-0.2, 0) is 20.8 Å².